The molecule has 1 aliphatic rings. The van der Waals surface area contributed by atoms with E-state index in [1.54, 1.807) is 0 Å². The molecule has 0 fully saturated rings. The van der Waals surface area contributed by atoms with E-state index in [2.05, 4.69) is 78.7 Å². The highest BCUT2D eigenvalue weighted by atomic mass is 15.0. The average molecular weight is 312 g/mol. The molecule has 0 unspecified atom stereocenters. The molecule has 2 heterocycles. The van der Waals surface area contributed by atoms with Gasteiger partial charge in [-0.05, 0) is 49.1 Å². The van der Waals surface area contributed by atoms with Crippen LogP contribution in [0.5, 0.6) is 0 Å². The number of pyridine rings is 1. The third-order valence-electron chi connectivity index (χ3n) is 4.50. The molecule has 0 saturated carbocycles. The largest absolute Gasteiger partial charge is 0.299 e. The quantitative estimate of drug-likeness (QED) is 0.607. The van der Waals surface area contributed by atoms with Gasteiger partial charge in [0.1, 0.15) is 5.65 Å². The normalized spacial score (nSPS) is 14.0. The monoisotopic (exact) mass is 312 g/mol. The topological polar surface area (TPSA) is 17.3 Å². The van der Waals surface area contributed by atoms with Crippen molar-refractivity contribution in [2.45, 2.75) is 19.8 Å². The molecule has 3 aromatic rings. The van der Waals surface area contributed by atoms with Crippen molar-refractivity contribution in [3.63, 3.8) is 0 Å². The van der Waals surface area contributed by atoms with E-state index < -0.39 is 0 Å². The summed E-state index contributed by atoms with van der Waals surface area (Å²) in [6.45, 7) is 6.11. The third-order valence-corrected chi connectivity index (χ3v) is 4.50. The molecule has 2 aromatic heterocycles. The Morgan fingerprint density at radius 2 is 1.83 bits per heavy atom. The van der Waals surface area contributed by atoms with Gasteiger partial charge in [-0.25, -0.2) is 4.98 Å². The van der Waals surface area contributed by atoms with E-state index in [1.165, 1.54) is 16.7 Å². The average Bonchev–Trinajstić information content (AvgIpc) is 3.00. The van der Waals surface area contributed by atoms with E-state index in [1.807, 2.05) is 6.08 Å². The van der Waals surface area contributed by atoms with Gasteiger partial charge in [-0.3, -0.25) is 4.40 Å². The lowest BCUT2D eigenvalue weighted by atomic mass is 10.0. The Bertz CT molecular complexity index is 969. The molecule has 0 N–H and O–H groups in total. The molecule has 0 atom stereocenters. The molecule has 118 valence electrons. The van der Waals surface area contributed by atoms with Crippen LogP contribution in [0.2, 0.25) is 0 Å². The van der Waals surface area contributed by atoms with Crippen LogP contribution >= 0.6 is 0 Å². The minimum Gasteiger partial charge on any atom is -0.299 e. The molecule has 0 aliphatic heterocycles. The van der Waals surface area contributed by atoms with Gasteiger partial charge in [0.15, 0.2) is 0 Å². The van der Waals surface area contributed by atoms with E-state index in [4.69, 9.17) is 4.98 Å². The molecule has 4 rings (SSSR count). The highest BCUT2D eigenvalue weighted by molar-refractivity contribution is 5.78. The van der Waals surface area contributed by atoms with Crippen LogP contribution in [0.25, 0.3) is 28.6 Å². The van der Waals surface area contributed by atoms with Gasteiger partial charge in [-0.2, -0.15) is 0 Å². The number of fused-ring (bicyclic) bond motifs is 1. The summed E-state index contributed by atoms with van der Waals surface area (Å²) in [6.07, 6.45) is 13.0. The molecule has 0 radical (unpaired) electrons. The zero-order valence-electron chi connectivity index (χ0n) is 13.9. The van der Waals surface area contributed by atoms with Gasteiger partial charge in [0.25, 0.3) is 0 Å². The van der Waals surface area contributed by atoms with Gasteiger partial charge in [-0.1, -0.05) is 54.6 Å². The lowest BCUT2D eigenvalue weighted by molar-refractivity contribution is 1.04. The minimum absolute atomic E-state index is 0.949. The Hall–Kier alpha value is -2.87. The number of rotatable bonds is 3. The Balaban J connectivity index is 1.88. The lowest BCUT2D eigenvalue weighted by Crippen LogP contribution is -1.93. The van der Waals surface area contributed by atoms with E-state index in [0.717, 1.165) is 35.4 Å². The molecule has 2 nitrogen and oxygen atoms in total. The first kappa shape index (κ1) is 14.7. The van der Waals surface area contributed by atoms with Crippen LogP contribution in [0.3, 0.4) is 0 Å². The summed E-state index contributed by atoms with van der Waals surface area (Å²) < 4.78 is 2.14. The molecule has 2 heteroatoms. The number of aryl methyl sites for hydroxylation is 1. The van der Waals surface area contributed by atoms with Crippen molar-refractivity contribution in [2.24, 2.45) is 0 Å². The predicted octanol–water partition coefficient (Wildman–Crippen LogP) is 5.69. The van der Waals surface area contributed by atoms with Crippen LogP contribution < -0.4 is 0 Å². The number of hydrogen-bond acceptors (Lipinski definition) is 1. The van der Waals surface area contributed by atoms with Crippen molar-refractivity contribution in [1.29, 1.82) is 0 Å². The summed E-state index contributed by atoms with van der Waals surface area (Å²) in [6, 6.07) is 12.7. The minimum atomic E-state index is 0.949. The Labute approximate surface area is 142 Å². The maximum Gasteiger partial charge on any atom is 0.137 e. The van der Waals surface area contributed by atoms with Crippen molar-refractivity contribution in [2.75, 3.05) is 0 Å². The summed E-state index contributed by atoms with van der Waals surface area (Å²) in [7, 11) is 0. The predicted molar refractivity (Wildman–Crippen MR) is 102 cm³/mol. The maximum atomic E-state index is 4.82. The summed E-state index contributed by atoms with van der Waals surface area (Å²) >= 11 is 0. The van der Waals surface area contributed by atoms with E-state index in [9.17, 15) is 0 Å². The standard InChI is InChI=1S/C22H20N2/c1-3-20-22(18-11-9-16(2)10-12-18)23-21-14-13-19(15-24(20)21)17-7-5-4-6-8-17/h3,5,7-15H,1,4,6H2,2H3. The fraction of sp³-hybridized carbons (Fsp3) is 0.136. The zero-order valence-corrected chi connectivity index (χ0v) is 13.9. The maximum absolute atomic E-state index is 4.82. The molecule has 1 aromatic carbocycles. The molecule has 1 aliphatic carbocycles. The Kier molecular flexibility index (Phi) is 3.66. The first-order valence-electron chi connectivity index (χ1n) is 8.35. The van der Waals surface area contributed by atoms with Gasteiger partial charge in [0.05, 0.1) is 11.4 Å². The first-order chi connectivity index (χ1) is 11.8. The van der Waals surface area contributed by atoms with Crippen LogP contribution in [0.1, 0.15) is 29.7 Å². The van der Waals surface area contributed by atoms with Gasteiger partial charge < -0.3 is 0 Å². The number of aromatic nitrogens is 2. The van der Waals surface area contributed by atoms with Crippen molar-refractivity contribution in [3.05, 3.63) is 84.2 Å². The van der Waals surface area contributed by atoms with Crippen molar-refractivity contribution < 1.29 is 0 Å². The van der Waals surface area contributed by atoms with Gasteiger partial charge in [-0.15, -0.1) is 0 Å². The second-order valence-corrected chi connectivity index (χ2v) is 6.20. The Morgan fingerprint density at radius 3 is 2.54 bits per heavy atom. The molecule has 24 heavy (non-hydrogen) atoms. The number of hydrogen-bond donors (Lipinski definition) is 0. The Morgan fingerprint density at radius 1 is 1.04 bits per heavy atom. The molecule has 0 spiro atoms. The number of allylic oxidation sites excluding steroid dienone is 4. The van der Waals surface area contributed by atoms with E-state index >= 15 is 0 Å². The molecule has 0 saturated heterocycles. The SMILES string of the molecule is C=Cc1c(-c2ccc(C)cc2)nc2ccc(C3=CCCC=C3)cn12. The summed E-state index contributed by atoms with van der Waals surface area (Å²) in [5, 5.41) is 0. The van der Waals surface area contributed by atoms with Crippen LogP contribution in [0, 0.1) is 6.92 Å². The van der Waals surface area contributed by atoms with Crippen molar-refractivity contribution in [1.82, 2.24) is 9.38 Å². The smallest absolute Gasteiger partial charge is 0.137 e. The van der Waals surface area contributed by atoms with Gasteiger partial charge in [0.2, 0.25) is 0 Å². The molecule has 0 bridgehead atoms. The van der Waals surface area contributed by atoms with E-state index in [0.29, 0.717) is 0 Å². The van der Waals surface area contributed by atoms with Crippen molar-refractivity contribution in [3.8, 4) is 11.3 Å². The highest BCUT2D eigenvalue weighted by Gasteiger charge is 2.12. The fourth-order valence-electron chi connectivity index (χ4n) is 3.18. The lowest BCUT2D eigenvalue weighted by Gasteiger charge is -2.08. The molecule has 0 amide bonds. The highest BCUT2D eigenvalue weighted by Crippen LogP contribution is 2.28. The number of imidazole rings is 1. The van der Waals surface area contributed by atoms with Crippen LogP contribution in [-0.2, 0) is 0 Å². The number of nitrogens with zero attached hydrogens (tertiary/aromatic N) is 2. The summed E-state index contributed by atoms with van der Waals surface area (Å²) in [5.74, 6) is 0. The van der Waals surface area contributed by atoms with Crippen LogP contribution in [0.15, 0.2) is 67.4 Å². The molecular weight excluding hydrogens is 292 g/mol. The van der Waals surface area contributed by atoms with Crippen molar-refractivity contribution >= 4 is 17.3 Å². The number of benzene rings is 1. The second-order valence-electron chi connectivity index (χ2n) is 6.20. The summed E-state index contributed by atoms with van der Waals surface area (Å²) in [4.78, 5) is 4.82. The zero-order chi connectivity index (χ0) is 16.5. The third kappa shape index (κ3) is 2.50. The van der Waals surface area contributed by atoms with Crippen LogP contribution in [-0.4, -0.2) is 9.38 Å². The molecular formula is C22H20N2. The summed E-state index contributed by atoms with van der Waals surface area (Å²) in [5.41, 5.74) is 7.84. The van der Waals surface area contributed by atoms with E-state index in [-0.39, 0.29) is 0 Å². The fourth-order valence-corrected chi connectivity index (χ4v) is 3.18. The van der Waals surface area contributed by atoms with Gasteiger partial charge >= 0.3 is 0 Å². The van der Waals surface area contributed by atoms with Crippen LogP contribution in [0.4, 0.5) is 0 Å². The first-order valence-corrected chi connectivity index (χ1v) is 8.35. The second kappa shape index (κ2) is 5.97. The van der Waals surface area contributed by atoms with Gasteiger partial charge in [0, 0.05) is 11.8 Å².